The Kier molecular flexibility index (Phi) is 5.16. The van der Waals surface area contributed by atoms with Crippen LogP contribution in [0.15, 0.2) is 39.3 Å². The molecule has 1 atom stereocenters. The van der Waals surface area contributed by atoms with E-state index in [0.717, 1.165) is 31.4 Å². The molecule has 0 saturated heterocycles. The Balaban J connectivity index is 2.54. The molecule has 20 heavy (non-hydrogen) atoms. The van der Waals surface area contributed by atoms with E-state index in [1.165, 1.54) is 5.56 Å². The lowest BCUT2D eigenvalue weighted by atomic mass is 10.0. The van der Waals surface area contributed by atoms with Gasteiger partial charge in [-0.3, -0.25) is 0 Å². The number of ether oxygens (including phenoxy) is 1. The highest BCUT2D eigenvalue weighted by atomic mass is 79.9. The maximum atomic E-state index is 6.69. The minimum atomic E-state index is -0.267. The van der Waals surface area contributed by atoms with Gasteiger partial charge in [-0.15, -0.1) is 11.6 Å². The predicted molar refractivity (Wildman–Crippen MR) is 92.0 cm³/mol. The minimum Gasteiger partial charge on any atom is -0.496 e. The van der Waals surface area contributed by atoms with Crippen molar-refractivity contribution in [2.45, 2.75) is 19.2 Å². The van der Waals surface area contributed by atoms with Crippen molar-refractivity contribution in [1.29, 1.82) is 0 Å². The van der Waals surface area contributed by atoms with E-state index in [9.17, 15) is 0 Å². The van der Waals surface area contributed by atoms with Crippen LogP contribution in [0.2, 0.25) is 0 Å². The Labute approximate surface area is 141 Å². The number of methoxy groups -OCH3 is 1. The van der Waals surface area contributed by atoms with Crippen molar-refractivity contribution >= 4 is 43.5 Å². The number of halogens is 3. The molecule has 1 nitrogen and oxygen atoms in total. The van der Waals surface area contributed by atoms with E-state index >= 15 is 0 Å². The van der Waals surface area contributed by atoms with Gasteiger partial charge in [0.1, 0.15) is 5.75 Å². The first kappa shape index (κ1) is 15.9. The Morgan fingerprint density at radius 1 is 1.00 bits per heavy atom. The summed E-state index contributed by atoms with van der Waals surface area (Å²) >= 11 is 13.8. The smallest absolute Gasteiger partial charge is 0.123 e. The fraction of sp³-hybridized carbons (Fsp3) is 0.250. The molecule has 0 spiro atoms. The molecule has 0 N–H and O–H groups in total. The van der Waals surface area contributed by atoms with Crippen LogP contribution in [-0.2, 0) is 0 Å². The molecule has 0 fully saturated rings. The van der Waals surface area contributed by atoms with Crippen LogP contribution in [0, 0.1) is 13.8 Å². The standard InChI is InChI=1S/C16H15Br2ClO/c1-9-4-5-15(20-3)12(6-9)16(19)11-8-13(17)10(2)7-14(11)18/h4-8,16H,1-3H3. The van der Waals surface area contributed by atoms with Crippen molar-refractivity contribution in [2.24, 2.45) is 0 Å². The van der Waals surface area contributed by atoms with Gasteiger partial charge < -0.3 is 4.74 Å². The summed E-state index contributed by atoms with van der Waals surface area (Å²) in [6.45, 7) is 4.10. The number of benzene rings is 2. The largest absolute Gasteiger partial charge is 0.496 e. The van der Waals surface area contributed by atoms with E-state index in [2.05, 4.69) is 57.0 Å². The molecule has 0 saturated carbocycles. The Bertz CT molecular complexity index is 641. The molecule has 2 aromatic carbocycles. The normalized spacial score (nSPS) is 12.3. The van der Waals surface area contributed by atoms with Gasteiger partial charge in [0.25, 0.3) is 0 Å². The van der Waals surface area contributed by atoms with Crippen LogP contribution in [0.25, 0.3) is 0 Å². The van der Waals surface area contributed by atoms with Crippen LogP contribution < -0.4 is 4.74 Å². The topological polar surface area (TPSA) is 9.23 Å². The first-order chi connectivity index (χ1) is 9.43. The quantitative estimate of drug-likeness (QED) is 0.542. The second-order valence-electron chi connectivity index (χ2n) is 4.73. The molecular weight excluding hydrogens is 403 g/mol. The summed E-state index contributed by atoms with van der Waals surface area (Å²) in [4.78, 5) is 0. The predicted octanol–water partition coefficient (Wildman–Crippen LogP) is 6.17. The lowest BCUT2D eigenvalue weighted by Gasteiger charge is -2.17. The van der Waals surface area contributed by atoms with E-state index in [-0.39, 0.29) is 5.38 Å². The molecule has 2 aromatic rings. The zero-order valence-electron chi connectivity index (χ0n) is 11.5. The van der Waals surface area contributed by atoms with E-state index in [1.54, 1.807) is 7.11 Å². The Morgan fingerprint density at radius 3 is 2.35 bits per heavy atom. The van der Waals surface area contributed by atoms with Crippen molar-refractivity contribution in [3.63, 3.8) is 0 Å². The zero-order valence-corrected chi connectivity index (χ0v) is 15.4. The van der Waals surface area contributed by atoms with Gasteiger partial charge >= 0.3 is 0 Å². The monoisotopic (exact) mass is 416 g/mol. The van der Waals surface area contributed by atoms with Crippen LogP contribution in [0.1, 0.15) is 27.6 Å². The van der Waals surface area contributed by atoms with Crippen LogP contribution >= 0.6 is 43.5 Å². The summed E-state index contributed by atoms with van der Waals surface area (Å²) in [6, 6.07) is 10.2. The summed E-state index contributed by atoms with van der Waals surface area (Å²) in [5.41, 5.74) is 4.33. The van der Waals surface area contributed by atoms with Crippen molar-refractivity contribution in [3.05, 3.63) is 61.5 Å². The molecule has 0 bridgehead atoms. The molecule has 4 heteroatoms. The fourth-order valence-corrected chi connectivity index (χ4v) is 3.61. The van der Waals surface area contributed by atoms with Gasteiger partial charge in [-0.2, -0.15) is 0 Å². The zero-order chi connectivity index (χ0) is 14.9. The second-order valence-corrected chi connectivity index (χ2v) is 6.88. The number of alkyl halides is 1. The van der Waals surface area contributed by atoms with Gasteiger partial charge in [0.05, 0.1) is 12.5 Å². The molecule has 0 amide bonds. The van der Waals surface area contributed by atoms with E-state index in [0.29, 0.717) is 0 Å². The van der Waals surface area contributed by atoms with Crippen LogP contribution in [-0.4, -0.2) is 7.11 Å². The average Bonchev–Trinajstić information content (AvgIpc) is 2.42. The lowest BCUT2D eigenvalue weighted by Crippen LogP contribution is -2.00. The van der Waals surface area contributed by atoms with Crippen molar-refractivity contribution in [2.75, 3.05) is 7.11 Å². The second kappa shape index (κ2) is 6.50. The number of hydrogen-bond donors (Lipinski definition) is 0. The van der Waals surface area contributed by atoms with Gasteiger partial charge in [-0.05, 0) is 43.2 Å². The van der Waals surface area contributed by atoms with Crippen molar-refractivity contribution < 1.29 is 4.74 Å². The summed E-state index contributed by atoms with van der Waals surface area (Å²) in [5, 5.41) is -0.267. The summed E-state index contributed by atoms with van der Waals surface area (Å²) in [5.74, 6) is 0.805. The molecule has 0 aliphatic carbocycles. The third-order valence-electron chi connectivity index (χ3n) is 3.21. The Hall–Kier alpha value is -0.510. The number of rotatable bonds is 3. The summed E-state index contributed by atoms with van der Waals surface area (Å²) < 4.78 is 7.48. The molecular formula is C16H15Br2ClO. The van der Waals surface area contributed by atoms with Crippen LogP contribution in [0.3, 0.4) is 0 Å². The lowest BCUT2D eigenvalue weighted by molar-refractivity contribution is 0.410. The first-order valence-electron chi connectivity index (χ1n) is 6.18. The Morgan fingerprint density at radius 2 is 1.70 bits per heavy atom. The molecule has 106 valence electrons. The number of aryl methyl sites for hydroxylation is 2. The van der Waals surface area contributed by atoms with E-state index < -0.39 is 0 Å². The van der Waals surface area contributed by atoms with Crippen molar-refractivity contribution in [1.82, 2.24) is 0 Å². The van der Waals surface area contributed by atoms with Gasteiger partial charge in [0, 0.05) is 14.5 Å². The highest BCUT2D eigenvalue weighted by Gasteiger charge is 2.19. The molecule has 0 aromatic heterocycles. The maximum absolute atomic E-state index is 6.69. The average molecular weight is 419 g/mol. The van der Waals surface area contributed by atoms with Crippen molar-refractivity contribution in [3.8, 4) is 5.75 Å². The van der Waals surface area contributed by atoms with Gasteiger partial charge in [0.15, 0.2) is 0 Å². The molecule has 0 heterocycles. The van der Waals surface area contributed by atoms with Gasteiger partial charge in [-0.25, -0.2) is 0 Å². The molecule has 0 aliphatic rings. The molecule has 0 aliphatic heterocycles. The van der Waals surface area contributed by atoms with Gasteiger partial charge in [0.2, 0.25) is 0 Å². The van der Waals surface area contributed by atoms with Gasteiger partial charge in [-0.1, -0.05) is 49.6 Å². The molecule has 2 rings (SSSR count). The summed E-state index contributed by atoms with van der Waals surface area (Å²) in [7, 11) is 1.66. The molecule has 1 unspecified atom stereocenters. The number of hydrogen-bond acceptors (Lipinski definition) is 1. The van der Waals surface area contributed by atoms with E-state index in [1.807, 2.05) is 19.1 Å². The SMILES string of the molecule is COc1ccc(C)cc1C(Cl)c1cc(Br)c(C)cc1Br. The summed E-state index contributed by atoms with van der Waals surface area (Å²) in [6.07, 6.45) is 0. The maximum Gasteiger partial charge on any atom is 0.123 e. The highest BCUT2D eigenvalue weighted by Crippen LogP contribution is 2.40. The van der Waals surface area contributed by atoms with Crippen LogP contribution in [0.4, 0.5) is 0 Å². The fourth-order valence-electron chi connectivity index (χ4n) is 2.08. The first-order valence-corrected chi connectivity index (χ1v) is 8.20. The molecule has 0 radical (unpaired) electrons. The minimum absolute atomic E-state index is 0.267. The highest BCUT2D eigenvalue weighted by molar-refractivity contribution is 9.11. The van der Waals surface area contributed by atoms with E-state index in [4.69, 9.17) is 16.3 Å². The third-order valence-corrected chi connectivity index (χ3v) is 5.22. The third kappa shape index (κ3) is 3.21. The van der Waals surface area contributed by atoms with Crippen LogP contribution in [0.5, 0.6) is 5.75 Å².